The number of carbonyl (C=O) groups excluding carboxylic acids is 1. The first kappa shape index (κ1) is 29.5. The molecule has 0 unspecified atom stereocenters. The molecule has 0 amide bonds. The number of carbonyl (C=O) groups is 1. The SMILES string of the molecule is CCCCCCCCCCCCSSSCCCCCCCCCCC(=O)OC. The third-order valence-corrected chi connectivity index (χ3v) is 9.68. The van der Waals surface area contributed by atoms with Gasteiger partial charge < -0.3 is 4.74 Å². The van der Waals surface area contributed by atoms with Gasteiger partial charge >= 0.3 is 5.97 Å². The van der Waals surface area contributed by atoms with Crippen LogP contribution in [0.25, 0.3) is 0 Å². The van der Waals surface area contributed by atoms with E-state index in [0.717, 1.165) is 12.8 Å². The van der Waals surface area contributed by atoms with Crippen molar-refractivity contribution in [1.82, 2.24) is 0 Å². The van der Waals surface area contributed by atoms with E-state index in [1.807, 2.05) is 9.83 Å². The Hall–Kier alpha value is 0.520. The van der Waals surface area contributed by atoms with Crippen molar-refractivity contribution in [2.75, 3.05) is 18.6 Å². The zero-order valence-corrected chi connectivity index (χ0v) is 21.8. The predicted molar refractivity (Wildman–Crippen MR) is 138 cm³/mol. The van der Waals surface area contributed by atoms with Crippen LogP contribution in [-0.4, -0.2) is 24.6 Å². The summed E-state index contributed by atoms with van der Waals surface area (Å²) in [6, 6.07) is 0. The van der Waals surface area contributed by atoms with Gasteiger partial charge in [-0.15, -0.1) is 0 Å². The molecule has 0 rings (SSSR count). The molecule has 174 valence electrons. The average molecular weight is 465 g/mol. The zero-order chi connectivity index (χ0) is 21.3. The van der Waals surface area contributed by atoms with Gasteiger partial charge in [0.2, 0.25) is 0 Å². The fraction of sp³-hybridized carbons (Fsp3) is 0.958. The van der Waals surface area contributed by atoms with Crippen LogP contribution in [0, 0.1) is 0 Å². The maximum Gasteiger partial charge on any atom is 0.305 e. The summed E-state index contributed by atoms with van der Waals surface area (Å²) in [4.78, 5) is 11.0. The molecule has 0 spiro atoms. The highest BCUT2D eigenvalue weighted by molar-refractivity contribution is 9.09. The van der Waals surface area contributed by atoms with Gasteiger partial charge in [0.15, 0.2) is 0 Å². The summed E-state index contributed by atoms with van der Waals surface area (Å²) in [5.74, 6) is 2.56. The molecule has 0 fully saturated rings. The average Bonchev–Trinajstić information content (AvgIpc) is 2.74. The highest BCUT2D eigenvalue weighted by Gasteiger charge is 1.99. The van der Waals surface area contributed by atoms with E-state index >= 15 is 0 Å². The molecule has 0 heterocycles. The van der Waals surface area contributed by atoms with E-state index < -0.39 is 0 Å². The Balaban J connectivity index is 3.01. The molecular formula is C24H48O2S3. The van der Waals surface area contributed by atoms with Crippen LogP contribution in [-0.2, 0) is 9.53 Å². The lowest BCUT2D eigenvalue weighted by Gasteiger charge is -2.03. The summed E-state index contributed by atoms with van der Waals surface area (Å²) in [6.07, 6.45) is 25.1. The van der Waals surface area contributed by atoms with Crippen LogP contribution < -0.4 is 0 Å². The van der Waals surface area contributed by atoms with Crippen LogP contribution >= 0.6 is 31.4 Å². The normalized spacial score (nSPS) is 11.1. The maximum atomic E-state index is 11.0. The van der Waals surface area contributed by atoms with E-state index in [2.05, 4.69) is 33.2 Å². The van der Waals surface area contributed by atoms with Crippen LogP contribution in [0.5, 0.6) is 0 Å². The molecule has 0 saturated carbocycles. The predicted octanol–water partition coefficient (Wildman–Crippen LogP) is 9.62. The number of ether oxygens (including phenoxy) is 1. The minimum atomic E-state index is -0.0676. The smallest absolute Gasteiger partial charge is 0.305 e. The van der Waals surface area contributed by atoms with E-state index in [1.165, 1.54) is 121 Å². The highest BCUT2D eigenvalue weighted by Crippen LogP contribution is 2.35. The van der Waals surface area contributed by atoms with Crippen LogP contribution in [0.1, 0.15) is 129 Å². The van der Waals surface area contributed by atoms with E-state index in [-0.39, 0.29) is 5.97 Å². The summed E-state index contributed by atoms with van der Waals surface area (Å²) in [6.45, 7) is 2.29. The van der Waals surface area contributed by atoms with Crippen LogP contribution in [0.15, 0.2) is 0 Å². The molecular weight excluding hydrogens is 416 g/mol. The molecule has 0 aromatic rings. The lowest BCUT2D eigenvalue weighted by Crippen LogP contribution is -1.99. The van der Waals surface area contributed by atoms with Crippen LogP contribution in [0.2, 0.25) is 0 Å². The number of hydrogen-bond donors (Lipinski definition) is 0. The molecule has 0 aromatic heterocycles. The van der Waals surface area contributed by atoms with Gasteiger partial charge in [-0.05, 0) is 29.1 Å². The van der Waals surface area contributed by atoms with E-state index in [4.69, 9.17) is 0 Å². The van der Waals surface area contributed by atoms with Gasteiger partial charge in [0.05, 0.1) is 7.11 Å². The van der Waals surface area contributed by atoms with Crippen molar-refractivity contribution in [3.05, 3.63) is 0 Å². The summed E-state index contributed by atoms with van der Waals surface area (Å²) in [7, 11) is 7.59. The Kier molecular flexibility index (Phi) is 27.0. The van der Waals surface area contributed by atoms with Gasteiger partial charge in [0.1, 0.15) is 0 Å². The molecule has 5 heteroatoms. The molecule has 0 aliphatic heterocycles. The van der Waals surface area contributed by atoms with Crippen molar-refractivity contribution in [2.24, 2.45) is 0 Å². The largest absolute Gasteiger partial charge is 0.469 e. The number of esters is 1. The highest BCUT2D eigenvalue weighted by atomic mass is 33.5. The maximum absolute atomic E-state index is 11.0. The molecule has 2 nitrogen and oxygen atoms in total. The molecule has 0 N–H and O–H groups in total. The summed E-state index contributed by atoms with van der Waals surface area (Å²) in [5.41, 5.74) is 0. The summed E-state index contributed by atoms with van der Waals surface area (Å²) in [5, 5.41) is 0. The second kappa shape index (κ2) is 26.6. The second-order valence-corrected chi connectivity index (χ2v) is 12.5. The molecule has 29 heavy (non-hydrogen) atoms. The van der Waals surface area contributed by atoms with Gasteiger partial charge in [0.25, 0.3) is 0 Å². The quantitative estimate of drug-likeness (QED) is 0.0804. The molecule has 0 aromatic carbocycles. The number of rotatable bonds is 24. The Morgan fingerprint density at radius 1 is 0.586 bits per heavy atom. The Bertz CT molecular complexity index is 327. The monoisotopic (exact) mass is 464 g/mol. The topological polar surface area (TPSA) is 26.3 Å². The van der Waals surface area contributed by atoms with Crippen LogP contribution in [0.3, 0.4) is 0 Å². The van der Waals surface area contributed by atoms with Gasteiger partial charge in [-0.25, -0.2) is 0 Å². The van der Waals surface area contributed by atoms with Crippen molar-refractivity contribution in [1.29, 1.82) is 0 Å². The van der Waals surface area contributed by atoms with Crippen molar-refractivity contribution in [2.45, 2.75) is 129 Å². The Morgan fingerprint density at radius 3 is 1.38 bits per heavy atom. The minimum Gasteiger partial charge on any atom is -0.469 e. The van der Waals surface area contributed by atoms with Gasteiger partial charge in [-0.2, -0.15) is 0 Å². The van der Waals surface area contributed by atoms with Gasteiger partial charge in [0, 0.05) is 17.9 Å². The Labute approximate surface area is 194 Å². The third-order valence-electron chi connectivity index (χ3n) is 5.26. The first-order valence-electron chi connectivity index (χ1n) is 12.3. The van der Waals surface area contributed by atoms with Gasteiger partial charge in [-0.1, -0.05) is 125 Å². The lowest BCUT2D eigenvalue weighted by molar-refractivity contribution is -0.140. The lowest BCUT2D eigenvalue weighted by atomic mass is 10.1. The standard InChI is InChI=1S/C24H48O2S3/c1-3-4-5-6-7-8-10-13-16-19-22-27-29-28-23-20-17-14-11-9-12-15-18-21-24(25)26-2/h3-23H2,1-2H3. The Morgan fingerprint density at radius 2 is 0.966 bits per heavy atom. The second-order valence-electron chi connectivity index (χ2n) is 8.05. The first-order valence-corrected chi connectivity index (χ1v) is 16.1. The first-order chi connectivity index (χ1) is 14.3. The fourth-order valence-electron chi connectivity index (χ4n) is 3.34. The molecule has 0 aliphatic rings. The summed E-state index contributed by atoms with van der Waals surface area (Å²) < 4.78 is 4.66. The third kappa shape index (κ3) is 26.5. The molecule has 0 saturated heterocycles. The molecule has 0 aliphatic carbocycles. The fourth-order valence-corrected chi connectivity index (χ4v) is 7.35. The van der Waals surface area contributed by atoms with Crippen molar-refractivity contribution in [3.63, 3.8) is 0 Å². The van der Waals surface area contributed by atoms with Crippen LogP contribution in [0.4, 0.5) is 0 Å². The van der Waals surface area contributed by atoms with Gasteiger partial charge in [-0.3, -0.25) is 4.79 Å². The van der Waals surface area contributed by atoms with Crippen molar-refractivity contribution in [3.8, 4) is 0 Å². The number of methoxy groups -OCH3 is 1. The van der Waals surface area contributed by atoms with Crippen molar-refractivity contribution >= 4 is 37.4 Å². The minimum absolute atomic E-state index is 0.0676. The van der Waals surface area contributed by atoms with E-state index in [1.54, 1.807) is 0 Å². The molecule has 0 bridgehead atoms. The molecule has 0 atom stereocenters. The summed E-state index contributed by atoms with van der Waals surface area (Å²) >= 11 is 0. The molecule has 0 radical (unpaired) electrons. The number of hydrogen-bond acceptors (Lipinski definition) is 5. The number of unbranched alkanes of at least 4 members (excludes halogenated alkanes) is 16. The van der Waals surface area contributed by atoms with E-state index in [0.29, 0.717) is 6.42 Å². The van der Waals surface area contributed by atoms with E-state index in [9.17, 15) is 4.79 Å². The van der Waals surface area contributed by atoms with Crippen molar-refractivity contribution < 1.29 is 9.53 Å². The zero-order valence-electron chi connectivity index (χ0n) is 19.4.